The number of hydrogen-bond acceptors (Lipinski definition) is 3. The van der Waals surface area contributed by atoms with Gasteiger partial charge in [-0.2, -0.15) is 0 Å². The van der Waals surface area contributed by atoms with Crippen molar-refractivity contribution in [3.63, 3.8) is 0 Å². The average molecular weight is 247 g/mol. The highest BCUT2D eigenvalue weighted by atomic mass is 16.2. The molecule has 0 saturated heterocycles. The van der Waals surface area contributed by atoms with Crippen LogP contribution in [0.2, 0.25) is 0 Å². The molecule has 1 unspecified atom stereocenters. The molecule has 1 aromatic carbocycles. The van der Waals surface area contributed by atoms with Gasteiger partial charge in [0.1, 0.15) is 0 Å². The van der Waals surface area contributed by atoms with Crippen molar-refractivity contribution in [2.24, 2.45) is 5.73 Å². The molecule has 1 atom stereocenters. The maximum absolute atomic E-state index is 11.4. The lowest BCUT2D eigenvalue weighted by molar-refractivity contribution is -0.119. The number of para-hydroxylation sites is 1. The van der Waals surface area contributed by atoms with Crippen molar-refractivity contribution in [1.29, 1.82) is 0 Å². The second-order valence-corrected chi connectivity index (χ2v) is 4.54. The van der Waals surface area contributed by atoms with Gasteiger partial charge >= 0.3 is 6.03 Å². The van der Waals surface area contributed by atoms with Gasteiger partial charge in [-0.25, -0.2) is 4.79 Å². The van der Waals surface area contributed by atoms with Crippen LogP contribution in [0.4, 0.5) is 10.5 Å². The maximum Gasteiger partial charge on any atom is 0.318 e. The van der Waals surface area contributed by atoms with Crippen LogP contribution in [-0.2, 0) is 11.2 Å². The van der Waals surface area contributed by atoms with Gasteiger partial charge in [-0.05, 0) is 25.0 Å². The number of amides is 3. The SMILES string of the molecule is CC1Cc2ccccc2N1CCC(=O)NC(N)=O. The fourth-order valence-electron chi connectivity index (χ4n) is 2.39. The zero-order chi connectivity index (χ0) is 13.1. The number of nitrogens with one attached hydrogen (secondary N) is 1. The number of hydrogen-bond donors (Lipinski definition) is 2. The Kier molecular flexibility index (Phi) is 3.50. The number of urea groups is 1. The van der Waals surface area contributed by atoms with Crippen molar-refractivity contribution in [3.8, 4) is 0 Å². The van der Waals surface area contributed by atoms with Gasteiger partial charge in [0.2, 0.25) is 5.91 Å². The summed E-state index contributed by atoms with van der Waals surface area (Å²) in [5, 5.41) is 2.08. The number of nitrogens with zero attached hydrogens (tertiary/aromatic N) is 1. The van der Waals surface area contributed by atoms with E-state index in [1.54, 1.807) is 0 Å². The van der Waals surface area contributed by atoms with Crippen LogP contribution in [0.3, 0.4) is 0 Å². The summed E-state index contributed by atoms with van der Waals surface area (Å²) in [6.45, 7) is 2.73. The molecule has 0 fully saturated rings. The van der Waals surface area contributed by atoms with Crippen molar-refractivity contribution in [2.75, 3.05) is 11.4 Å². The van der Waals surface area contributed by atoms with E-state index < -0.39 is 6.03 Å². The molecular weight excluding hydrogens is 230 g/mol. The minimum absolute atomic E-state index is 0.265. The standard InChI is InChI=1S/C13H17N3O2/c1-9-8-10-4-2-3-5-11(10)16(9)7-6-12(17)15-13(14)18/h2-5,9H,6-8H2,1H3,(H3,14,15,17,18). The van der Waals surface area contributed by atoms with E-state index in [0.29, 0.717) is 12.6 Å². The molecule has 5 heteroatoms. The van der Waals surface area contributed by atoms with E-state index in [4.69, 9.17) is 5.73 Å². The molecule has 1 aromatic rings. The Labute approximate surface area is 106 Å². The third-order valence-corrected chi connectivity index (χ3v) is 3.19. The molecule has 0 aliphatic carbocycles. The Balaban J connectivity index is 1.98. The van der Waals surface area contributed by atoms with E-state index in [-0.39, 0.29) is 12.3 Å². The molecular formula is C13H17N3O2. The van der Waals surface area contributed by atoms with Crippen molar-refractivity contribution >= 4 is 17.6 Å². The molecule has 0 saturated carbocycles. The number of nitrogens with two attached hydrogens (primary N) is 1. The van der Waals surface area contributed by atoms with Crippen molar-refractivity contribution in [1.82, 2.24) is 5.32 Å². The van der Waals surface area contributed by atoms with Gasteiger partial charge in [0, 0.05) is 24.7 Å². The highest BCUT2D eigenvalue weighted by molar-refractivity contribution is 5.93. The molecule has 96 valence electrons. The highest BCUT2D eigenvalue weighted by Gasteiger charge is 2.25. The molecule has 5 nitrogen and oxygen atoms in total. The summed E-state index contributed by atoms with van der Waals surface area (Å²) < 4.78 is 0. The summed E-state index contributed by atoms with van der Waals surface area (Å²) in [6.07, 6.45) is 1.26. The highest BCUT2D eigenvalue weighted by Crippen LogP contribution is 2.31. The number of rotatable bonds is 3. The summed E-state index contributed by atoms with van der Waals surface area (Å²) >= 11 is 0. The lowest BCUT2D eigenvalue weighted by atomic mass is 10.1. The third-order valence-electron chi connectivity index (χ3n) is 3.19. The summed E-state index contributed by atoms with van der Waals surface area (Å²) in [5.41, 5.74) is 7.38. The molecule has 0 aromatic heterocycles. The quantitative estimate of drug-likeness (QED) is 0.837. The number of fused-ring (bicyclic) bond motifs is 1. The van der Waals surface area contributed by atoms with Crippen LogP contribution in [0.1, 0.15) is 18.9 Å². The smallest absolute Gasteiger partial charge is 0.318 e. The number of carbonyl (C=O) groups is 2. The van der Waals surface area contributed by atoms with E-state index in [1.165, 1.54) is 11.3 Å². The minimum Gasteiger partial charge on any atom is -0.368 e. The van der Waals surface area contributed by atoms with E-state index in [2.05, 4.69) is 29.3 Å². The van der Waals surface area contributed by atoms with Gasteiger partial charge in [0.25, 0.3) is 0 Å². The molecule has 0 spiro atoms. The Morgan fingerprint density at radius 1 is 1.44 bits per heavy atom. The topological polar surface area (TPSA) is 75.4 Å². The normalized spacial score (nSPS) is 17.4. The summed E-state index contributed by atoms with van der Waals surface area (Å²) in [4.78, 5) is 24.1. The molecule has 0 bridgehead atoms. The van der Waals surface area contributed by atoms with Gasteiger partial charge in [-0.3, -0.25) is 10.1 Å². The first-order valence-electron chi connectivity index (χ1n) is 6.02. The second-order valence-electron chi connectivity index (χ2n) is 4.54. The van der Waals surface area contributed by atoms with Crippen LogP contribution in [0, 0.1) is 0 Å². The van der Waals surface area contributed by atoms with Crippen LogP contribution >= 0.6 is 0 Å². The van der Waals surface area contributed by atoms with Gasteiger partial charge < -0.3 is 10.6 Å². The fraction of sp³-hybridized carbons (Fsp3) is 0.385. The first-order valence-corrected chi connectivity index (χ1v) is 6.02. The number of carbonyl (C=O) groups excluding carboxylic acids is 2. The number of anilines is 1. The van der Waals surface area contributed by atoms with Gasteiger partial charge in [-0.1, -0.05) is 18.2 Å². The number of primary amides is 1. The average Bonchev–Trinajstić information content (AvgIpc) is 2.61. The molecule has 18 heavy (non-hydrogen) atoms. The second kappa shape index (κ2) is 5.08. The molecule has 3 amide bonds. The maximum atomic E-state index is 11.4. The minimum atomic E-state index is -0.796. The van der Waals surface area contributed by atoms with Gasteiger partial charge in [0.15, 0.2) is 0 Å². The van der Waals surface area contributed by atoms with Crippen LogP contribution < -0.4 is 16.0 Å². The monoisotopic (exact) mass is 247 g/mol. The third kappa shape index (κ3) is 2.61. The zero-order valence-electron chi connectivity index (χ0n) is 10.3. The Morgan fingerprint density at radius 2 is 2.17 bits per heavy atom. The Hall–Kier alpha value is -2.04. The van der Waals surface area contributed by atoms with E-state index in [9.17, 15) is 9.59 Å². The number of imide groups is 1. The lowest BCUT2D eigenvalue weighted by Gasteiger charge is -2.24. The molecule has 1 aliphatic heterocycles. The Bertz CT molecular complexity index is 473. The summed E-state index contributed by atoms with van der Waals surface area (Å²) in [5.74, 6) is -0.334. The largest absolute Gasteiger partial charge is 0.368 e. The first kappa shape index (κ1) is 12.4. The summed E-state index contributed by atoms with van der Waals surface area (Å²) in [7, 11) is 0. The van der Waals surface area contributed by atoms with Crippen LogP contribution in [0.15, 0.2) is 24.3 Å². The molecule has 1 aliphatic rings. The fourth-order valence-corrected chi connectivity index (χ4v) is 2.39. The van der Waals surface area contributed by atoms with Crippen LogP contribution in [0.5, 0.6) is 0 Å². The summed E-state index contributed by atoms with van der Waals surface area (Å²) in [6, 6.07) is 7.76. The molecule has 2 rings (SSSR count). The van der Waals surface area contributed by atoms with Crippen molar-refractivity contribution in [2.45, 2.75) is 25.8 Å². The molecule has 3 N–H and O–H groups in total. The van der Waals surface area contributed by atoms with Crippen molar-refractivity contribution < 1.29 is 9.59 Å². The lowest BCUT2D eigenvalue weighted by Crippen LogP contribution is -2.38. The van der Waals surface area contributed by atoms with Crippen LogP contribution in [0.25, 0.3) is 0 Å². The Morgan fingerprint density at radius 3 is 2.89 bits per heavy atom. The van der Waals surface area contributed by atoms with Gasteiger partial charge in [0.05, 0.1) is 0 Å². The van der Waals surface area contributed by atoms with E-state index in [0.717, 1.165) is 6.42 Å². The zero-order valence-corrected chi connectivity index (χ0v) is 10.3. The molecule has 1 heterocycles. The van der Waals surface area contributed by atoms with Gasteiger partial charge in [-0.15, -0.1) is 0 Å². The van der Waals surface area contributed by atoms with E-state index >= 15 is 0 Å². The first-order chi connectivity index (χ1) is 8.58. The molecule has 0 radical (unpaired) electrons. The van der Waals surface area contributed by atoms with E-state index in [1.807, 2.05) is 12.1 Å². The number of benzene rings is 1. The van der Waals surface area contributed by atoms with Crippen molar-refractivity contribution in [3.05, 3.63) is 29.8 Å². The predicted molar refractivity (Wildman–Crippen MR) is 69.3 cm³/mol. The predicted octanol–water partition coefficient (Wildman–Crippen LogP) is 1.02. The van der Waals surface area contributed by atoms with Crippen LogP contribution in [-0.4, -0.2) is 24.5 Å².